The van der Waals surface area contributed by atoms with Gasteiger partial charge in [-0.05, 0) is 31.7 Å². The van der Waals surface area contributed by atoms with E-state index in [4.69, 9.17) is 15.2 Å². The lowest BCUT2D eigenvalue weighted by Gasteiger charge is -2.09. The Morgan fingerprint density at radius 2 is 2.17 bits per heavy atom. The lowest BCUT2D eigenvalue weighted by atomic mass is 10.2. The summed E-state index contributed by atoms with van der Waals surface area (Å²) in [6.07, 6.45) is 0. The van der Waals surface area contributed by atoms with Gasteiger partial charge in [0, 0.05) is 6.54 Å². The number of hydrogen-bond acceptors (Lipinski definition) is 5. The SMILES string of the molecule is CCNCCOC(=O)c1ccc(OCC)c(N)c1. The molecule has 0 aliphatic carbocycles. The van der Waals surface area contributed by atoms with E-state index in [1.807, 2.05) is 13.8 Å². The first-order valence-corrected chi connectivity index (χ1v) is 6.09. The average Bonchev–Trinajstić information content (AvgIpc) is 2.37. The van der Waals surface area contributed by atoms with E-state index in [1.165, 1.54) is 0 Å². The summed E-state index contributed by atoms with van der Waals surface area (Å²) in [5.41, 5.74) is 6.66. The molecular weight excluding hydrogens is 232 g/mol. The standard InChI is InChI=1S/C13H20N2O3/c1-3-15-7-8-18-13(16)10-5-6-12(17-4-2)11(14)9-10/h5-6,9,15H,3-4,7-8,14H2,1-2H3. The van der Waals surface area contributed by atoms with Crippen molar-refractivity contribution in [3.8, 4) is 5.75 Å². The fourth-order valence-corrected chi connectivity index (χ4v) is 1.44. The minimum Gasteiger partial charge on any atom is -0.492 e. The minimum atomic E-state index is -0.373. The summed E-state index contributed by atoms with van der Waals surface area (Å²) in [7, 11) is 0. The average molecular weight is 252 g/mol. The van der Waals surface area contributed by atoms with Crippen molar-refractivity contribution in [2.24, 2.45) is 0 Å². The summed E-state index contributed by atoms with van der Waals surface area (Å²) in [6.45, 7) is 6.26. The number of nitrogen functional groups attached to an aromatic ring is 1. The van der Waals surface area contributed by atoms with E-state index in [0.717, 1.165) is 6.54 Å². The molecule has 0 bridgehead atoms. The van der Waals surface area contributed by atoms with Gasteiger partial charge in [-0.1, -0.05) is 6.92 Å². The zero-order valence-electron chi connectivity index (χ0n) is 10.9. The van der Waals surface area contributed by atoms with Gasteiger partial charge in [-0.2, -0.15) is 0 Å². The Morgan fingerprint density at radius 1 is 1.39 bits per heavy atom. The first-order chi connectivity index (χ1) is 8.69. The van der Waals surface area contributed by atoms with Crippen LogP contribution in [-0.4, -0.2) is 32.3 Å². The molecule has 0 amide bonds. The highest BCUT2D eigenvalue weighted by molar-refractivity contribution is 5.91. The maximum Gasteiger partial charge on any atom is 0.338 e. The second kappa shape index (κ2) is 7.55. The third kappa shape index (κ3) is 4.25. The van der Waals surface area contributed by atoms with Crippen molar-refractivity contribution >= 4 is 11.7 Å². The van der Waals surface area contributed by atoms with Crippen molar-refractivity contribution in [1.29, 1.82) is 0 Å². The summed E-state index contributed by atoms with van der Waals surface area (Å²) in [4.78, 5) is 11.7. The molecule has 5 heteroatoms. The van der Waals surface area contributed by atoms with E-state index in [-0.39, 0.29) is 5.97 Å². The molecule has 0 heterocycles. The second-order valence-electron chi connectivity index (χ2n) is 3.68. The second-order valence-corrected chi connectivity index (χ2v) is 3.68. The maximum absolute atomic E-state index is 11.7. The van der Waals surface area contributed by atoms with Gasteiger partial charge >= 0.3 is 5.97 Å². The van der Waals surface area contributed by atoms with Crippen molar-refractivity contribution in [2.45, 2.75) is 13.8 Å². The number of rotatable bonds is 7. The van der Waals surface area contributed by atoms with Crippen LogP contribution in [0.2, 0.25) is 0 Å². The Morgan fingerprint density at radius 3 is 2.78 bits per heavy atom. The van der Waals surface area contributed by atoms with Gasteiger partial charge in [-0.3, -0.25) is 0 Å². The first kappa shape index (κ1) is 14.3. The minimum absolute atomic E-state index is 0.347. The first-order valence-electron chi connectivity index (χ1n) is 6.09. The number of nitrogens with one attached hydrogen (secondary N) is 1. The molecule has 0 saturated heterocycles. The van der Waals surface area contributed by atoms with Crippen molar-refractivity contribution in [2.75, 3.05) is 32.0 Å². The highest BCUT2D eigenvalue weighted by atomic mass is 16.5. The Bertz CT molecular complexity index is 394. The number of likely N-dealkylation sites (N-methyl/N-ethyl adjacent to an activating group) is 1. The van der Waals surface area contributed by atoms with Crippen LogP contribution in [0.5, 0.6) is 5.75 Å². The summed E-state index contributed by atoms with van der Waals surface area (Å²) in [6, 6.07) is 4.90. The molecule has 0 aliphatic heterocycles. The largest absolute Gasteiger partial charge is 0.492 e. The smallest absolute Gasteiger partial charge is 0.338 e. The number of hydrogen-bond donors (Lipinski definition) is 2. The predicted molar refractivity (Wildman–Crippen MR) is 70.8 cm³/mol. The summed E-state index contributed by atoms with van der Waals surface area (Å²) >= 11 is 0. The van der Waals surface area contributed by atoms with Crippen LogP contribution in [0.4, 0.5) is 5.69 Å². The molecule has 0 aliphatic rings. The van der Waals surface area contributed by atoms with Gasteiger partial charge in [0.15, 0.2) is 0 Å². The quantitative estimate of drug-likeness (QED) is 0.436. The molecule has 0 radical (unpaired) electrons. The van der Waals surface area contributed by atoms with Gasteiger partial charge in [0.1, 0.15) is 12.4 Å². The fourth-order valence-electron chi connectivity index (χ4n) is 1.44. The van der Waals surface area contributed by atoms with E-state index in [2.05, 4.69) is 5.32 Å². The molecule has 0 unspecified atom stereocenters. The molecule has 100 valence electrons. The molecule has 0 spiro atoms. The third-order valence-corrected chi connectivity index (χ3v) is 2.31. The van der Waals surface area contributed by atoms with E-state index in [0.29, 0.717) is 36.8 Å². The van der Waals surface area contributed by atoms with Gasteiger partial charge in [-0.15, -0.1) is 0 Å². The van der Waals surface area contributed by atoms with Crippen LogP contribution in [0.1, 0.15) is 24.2 Å². The number of nitrogens with two attached hydrogens (primary N) is 1. The monoisotopic (exact) mass is 252 g/mol. The zero-order chi connectivity index (χ0) is 13.4. The molecule has 1 aromatic carbocycles. The van der Waals surface area contributed by atoms with Gasteiger partial charge < -0.3 is 20.5 Å². The van der Waals surface area contributed by atoms with Gasteiger partial charge in [-0.25, -0.2) is 4.79 Å². The van der Waals surface area contributed by atoms with Gasteiger partial charge in [0.2, 0.25) is 0 Å². The van der Waals surface area contributed by atoms with Gasteiger partial charge in [0.05, 0.1) is 17.9 Å². The molecular formula is C13H20N2O3. The van der Waals surface area contributed by atoms with Crippen molar-refractivity contribution in [3.63, 3.8) is 0 Å². The van der Waals surface area contributed by atoms with Crippen molar-refractivity contribution in [3.05, 3.63) is 23.8 Å². The molecule has 0 atom stereocenters. The Labute approximate surface area is 107 Å². The molecule has 1 aromatic rings. The summed E-state index contributed by atoms with van der Waals surface area (Å²) in [5.74, 6) is 0.212. The van der Waals surface area contributed by atoms with Crippen LogP contribution >= 0.6 is 0 Å². The lowest BCUT2D eigenvalue weighted by Crippen LogP contribution is -2.20. The third-order valence-electron chi connectivity index (χ3n) is 2.31. The van der Waals surface area contributed by atoms with E-state index in [9.17, 15) is 4.79 Å². The Hall–Kier alpha value is -1.75. The molecule has 18 heavy (non-hydrogen) atoms. The fraction of sp³-hybridized carbons (Fsp3) is 0.462. The summed E-state index contributed by atoms with van der Waals surface area (Å²) < 4.78 is 10.4. The van der Waals surface area contributed by atoms with Crippen LogP contribution in [-0.2, 0) is 4.74 Å². The number of benzene rings is 1. The lowest BCUT2D eigenvalue weighted by molar-refractivity contribution is 0.0509. The Kier molecular flexibility index (Phi) is 6.00. The molecule has 0 aromatic heterocycles. The van der Waals surface area contributed by atoms with Crippen molar-refractivity contribution < 1.29 is 14.3 Å². The van der Waals surface area contributed by atoms with Crippen LogP contribution in [0.25, 0.3) is 0 Å². The molecule has 0 fully saturated rings. The van der Waals surface area contributed by atoms with Crippen LogP contribution in [0.15, 0.2) is 18.2 Å². The number of ether oxygens (including phenoxy) is 2. The number of carbonyl (C=O) groups is 1. The molecule has 3 N–H and O–H groups in total. The topological polar surface area (TPSA) is 73.6 Å². The highest BCUT2D eigenvalue weighted by Gasteiger charge is 2.09. The summed E-state index contributed by atoms with van der Waals surface area (Å²) in [5, 5.41) is 3.07. The van der Waals surface area contributed by atoms with Crippen LogP contribution in [0, 0.1) is 0 Å². The predicted octanol–water partition coefficient (Wildman–Crippen LogP) is 1.43. The zero-order valence-corrected chi connectivity index (χ0v) is 10.9. The number of esters is 1. The normalized spacial score (nSPS) is 10.1. The Balaban J connectivity index is 2.55. The van der Waals surface area contributed by atoms with E-state index < -0.39 is 0 Å². The molecule has 5 nitrogen and oxygen atoms in total. The number of carbonyl (C=O) groups excluding carboxylic acids is 1. The number of anilines is 1. The van der Waals surface area contributed by atoms with Crippen LogP contribution in [0.3, 0.4) is 0 Å². The van der Waals surface area contributed by atoms with Crippen LogP contribution < -0.4 is 15.8 Å². The highest BCUT2D eigenvalue weighted by Crippen LogP contribution is 2.22. The molecule has 0 saturated carbocycles. The van der Waals surface area contributed by atoms with Crippen molar-refractivity contribution in [1.82, 2.24) is 5.32 Å². The maximum atomic E-state index is 11.7. The van der Waals surface area contributed by atoms with E-state index >= 15 is 0 Å². The van der Waals surface area contributed by atoms with Gasteiger partial charge in [0.25, 0.3) is 0 Å². The van der Waals surface area contributed by atoms with E-state index in [1.54, 1.807) is 18.2 Å². The molecule has 1 rings (SSSR count).